The Bertz CT molecular complexity index is 340. The Hall–Kier alpha value is -1.09. The van der Waals surface area contributed by atoms with Crippen molar-refractivity contribution in [3.63, 3.8) is 0 Å². The lowest BCUT2D eigenvalue weighted by Gasteiger charge is -2.32. The van der Waals surface area contributed by atoms with Crippen molar-refractivity contribution < 1.29 is 5.11 Å². The van der Waals surface area contributed by atoms with Crippen LogP contribution in [0.4, 0.5) is 5.82 Å². The highest BCUT2D eigenvalue weighted by Crippen LogP contribution is 2.24. The summed E-state index contributed by atoms with van der Waals surface area (Å²) in [5, 5.41) is 9.44. The monoisotopic (exact) mass is 234 g/mol. The second-order valence-electron chi connectivity index (χ2n) is 4.96. The van der Waals surface area contributed by atoms with Gasteiger partial charge in [-0.25, -0.2) is 4.98 Å². The molecule has 0 radical (unpaired) electrons. The van der Waals surface area contributed by atoms with Crippen LogP contribution in [-0.2, 0) is 0 Å². The Morgan fingerprint density at radius 3 is 2.59 bits per heavy atom. The number of aromatic nitrogens is 1. The smallest absolute Gasteiger partial charge is 0.128 e. The zero-order chi connectivity index (χ0) is 12.3. The van der Waals surface area contributed by atoms with Crippen LogP contribution in [-0.4, -0.2) is 23.2 Å². The number of rotatable bonds is 3. The van der Waals surface area contributed by atoms with E-state index < -0.39 is 6.10 Å². The summed E-state index contributed by atoms with van der Waals surface area (Å²) in [6.07, 6.45) is 5.20. The minimum absolute atomic E-state index is 0.428. The molecule has 1 atom stereocenters. The Kier molecular flexibility index (Phi) is 4.00. The third-order valence-corrected chi connectivity index (χ3v) is 3.77. The van der Waals surface area contributed by atoms with Gasteiger partial charge in [-0.1, -0.05) is 19.4 Å². The third-order valence-electron chi connectivity index (χ3n) is 3.77. The van der Waals surface area contributed by atoms with E-state index in [2.05, 4.69) is 16.8 Å². The Balaban J connectivity index is 1.99. The third kappa shape index (κ3) is 2.97. The molecule has 94 valence electrons. The summed E-state index contributed by atoms with van der Waals surface area (Å²) >= 11 is 0. The molecule has 0 bridgehead atoms. The molecular weight excluding hydrogens is 212 g/mol. The Morgan fingerprint density at radius 2 is 2.12 bits per heavy atom. The zero-order valence-electron chi connectivity index (χ0n) is 10.8. The molecule has 2 rings (SSSR count). The summed E-state index contributed by atoms with van der Waals surface area (Å²) < 4.78 is 0. The van der Waals surface area contributed by atoms with Crippen LogP contribution >= 0.6 is 0 Å². The highest BCUT2D eigenvalue weighted by atomic mass is 16.3. The molecule has 1 aliphatic heterocycles. The predicted molar refractivity (Wildman–Crippen MR) is 70.1 cm³/mol. The van der Waals surface area contributed by atoms with Gasteiger partial charge in [0.15, 0.2) is 0 Å². The molecule has 0 saturated carbocycles. The number of aliphatic hydroxyl groups is 1. The first kappa shape index (κ1) is 12.4. The normalized spacial score (nSPS) is 19.4. The molecule has 1 fully saturated rings. The van der Waals surface area contributed by atoms with Gasteiger partial charge >= 0.3 is 0 Å². The number of hydrogen-bond donors (Lipinski definition) is 1. The summed E-state index contributed by atoms with van der Waals surface area (Å²) in [4.78, 5) is 6.79. The first-order valence-corrected chi connectivity index (χ1v) is 6.59. The fourth-order valence-corrected chi connectivity index (χ4v) is 2.40. The molecule has 0 aliphatic carbocycles. The fourth-order valence-electron chi connectivity index (χ4n) is 2.40. The van der Waals surface area contributed by atoms with Gasteiger partial charge in [-0.3, -0.25) is 0 Å². The SMILES string of the molecule is CCC1CCN(c2ccc([C@H](C)O)cn2)CC1. The largest absolute Gasteiger partial charge is 0.389 e. The molecule has 0 spiro atoms. The summed E-state index contributed by atoms with van der Waals surface area (Å²) in [5.74, 6) is 1.94. The molecule has 3 nitrogen and oxygen atoms in total. The highest BCUT2D eigenvalue weighted by Gasteiger charge is 2.18. The van der Waals surface area contributed by atoms with E-state index in [1.54, 1.807) is 13.1 Å². The van der Waals surface area contributed by atoms with Gasteiger partial charge in [-0.15, -0.1) is 0 Å². The maximum absolute atomic E-state index is 9.44. The van der Waals surface area contributed by atoms with Crippen molar-refractivity contribution in [3.05, 3.63) is 23.9 Å². The molecule has 1 saturated heterocycles. The van der Waals surface area contributed by atoms with Crippen LogP contribution in [0.1, 0.15) is 44.8 Å². The standard InChI is InChI=1S/C14H22N2O/c1-3-12-6-8-16(9-7-12)14-5-4-13(10-15-14)11(2)17/h4-5,10-12,17H,3,6-9H2,1-2H3/t11-/m0/s1. The summed E-state index contributed by atoms with van der Waals surface area (Å²) in [6.45, 7) is 6.26. The van der Waals surface area contributed by atoms with Crippen molar-refractivity contribution in [1.29, 1.82) is 0 Å². The van der Waals surface area contributed by atoms with Crippen LogP contribution in [0.3, 0.4) is 0 Å². The van der Waals surface area contributed by atoms with E-state index in [4.69, 9.17) is 0 Å². The topological polar surface area (TPSA) is 36.4 Å². The Labute approximate surface area is 103 Å². The molecule has 0 amide bonds. The lowest BCUT2D eigenvalue weighted by molar-refractivity contribution is 0.199. The van der Waals surface area contributed by atoms with Gasteiger partial charge in [0.1, 0.15) is 5.82 Å². The van der Waals surface area contributed by atoms with E-state index in [9.17, 15) is 5.11 Å². The molecule has 0 aromatic carbocycles. The number of aliphatic hydroxyl groups excluding tert-OH is 1. The first-order valence-electron chi connectivity index (χ1n) is 6.59. The van der Waals surface area contributed by atoms with Crippen molar-refractivity contribution >= 4 is 5.82 Å². The number of nitrogens with zero attached hydrogens (tertiary/aromatic N) is 2. The Morgan fingerprint density at radius 1 is 1.41 bits per heavy atom. The fraction of sp³-hybridized carbons (Fsp3) is 0.643. The van der Waals surface area contributed by atoms with Crippen molar-refractivity contribution in [1.82, 2.24) is 4.98 Å². The average molecular weight is 234 g/mol. The molecule has 1 N–H and O–H groups in total. The maximum Gasteiger partial charge on any atom is 0.128 e. The first-order chi connectivity index (χ1) is 8.20. The molecule has 1 aromatic heterocycles. The van der Waals surface area contributed by atoms with Crippen LogP contribution in [0.25, 0.3) is 0 Å². The van der Waals surface area contributed by atoms with Crippen molar-refractivity contribution in [2.24, 2.45) is 5.92 Å². The van der Waals surface area contributed by atoms with Gasteiger partial charge in [-0.2, -0.15) is 0 Å². The van der Waals surface area contributed by atoms with Crippen LogP contribution < -0.4 is 4.90 Å². The summed E-state index contributed by atoms with van der Waals surface area (Å²) in [5.41, 5.74) is 0.886. The van der Waals surface area contributed by atoms with Gasteiger partial charge < -0.3 is 10.0 Å². The molecule has 1 aromatic rings. The van der Waals surface area contributed by atoms with E-state index in [1.807, 2.05) is 12.1 Å². The highest BCUT2D eigenvalue weighted by molar-refractivity contribution is 5.40. The van der Waals surface area contributed by atoms with Crippen LogP contribution in [0, 0.1) is 5.92 Å². The zero-order valence-corrected chi connectivity index (χ0v) is 10.8. The van der Waals surface area contributed by atoms with E-state index >= 15 is 0 Å². The van der Waals surface area contributed by atoms with Crippen molar-refractivity contribution in [3.8, 4) is 0 Å². The summed E-state index contributed by atoms with van der Waals surface area (Å²) in [6, 6.07) is 3.99. The van der Waals surface area contributed by atoms with Crippen LogP contribution in [0.15, 0.2) is 18.3 Å². The summed E-state index contributed by atoms with van der Waals surface area (Å²) in [7, 11) is 0. The van der Waals surface area contributed by atoms with E-state index in [1.165, 1.54) is 19.3 Å². The van der Waals surface area contributed by atoms with Gasteiger partial charge in [0.2, 0.25) is 0 Å². The van der Waals surface area contributed by atoms with E-state index in [0.29, 0.717) is 0 Å². The average Bonchev–Trinajstić information content (AvgIpc) is 2.39. The van der Waals surface area contributed by atoms with E-state index in [-0.39, 0.29) is 0 Å². The quantitative estimate of drug-likeness (QED) is 0.873. The van der Waals surface area contributed by atoms with Gasteiger partial charge in [-0.05, 0) is 37.3 Å². The van der Waals surface area contributed by atoms with Crippen LogP contribution in [0.5, 0.6) is 0 Å². The van der Waals surface area contributed by atoms with E-state index in [0.717, 1.165) is 30.4 Å². The molecule has 3 heteroatoms. The number of piperidine rings is 1. The number of hydrogen-bond acceptors (Lipinski definition) is 3. The maximum atomic E-state index is 9.44. The molecular formula is C14H22N2O. The predicted octanol–water partition coefficient (Wildman–Crippen LogP) is 2.76. The second kappa shape index (κ2) is 5.50. The molecule has 17 heavy (non-hydrogen) atoms. The van der Waals surface area contributed by atoms with Crippen LogP contribution in [0.2, 0.25) is 0 Å². The van der Waals surface area contributed by atoms with Gasteiger partial charge in [0, 0.05) is 19.3 Å². The number of anilines is 1. The van der Waals surface area contributed by atoms with Crippen molar-refractivity contribution in [2.45, 2.75) is 39.2 Å². The van der Waals surface area contributed by atoms with Crippen molar-refractivity contribution in [2.75, 3.05) is 18.0 Å². The lowest BCUT2D eigenvalue weighted by Crippen LogP contribution is -2.34. The van der Waals surface area contributed by atoms with Gasteiger partial charge in [0.05, 0.1) is 6.10 Å². The minimum atomic E-state index is -0.428. The van der Waals surface area contributed by atoms with Gasteiger partial charge in [0.25, 0.3) is 0 Å². The molecule has 1 aliphatic rings. The lowest BCUT2D eigenvalue weighted by atomic mass is 9.94. The molecule has 0 unspecified atom stereocenters. The number of pyridine rings is 1. The second-order valence-corrected chi connectivity index (χ2v) is 4.96. The minimum Gasteiger partial charge on any atom is -0.389 e. The molecule has 2 heterocycles.